The summed E-state index contributed by atoms with van der Waals surface area (Å²) in [6, 6.07) is 16.8. The molecular weight excluding hydrogens is 326 g/mol. The summed E-state index contributed by atoms with van der Waals surface area (Å²) in [4.78, 5) is 23.6. The van der Waals surface area contributed by atoms with Gasteiger partial charge >= 0.3 is 0 Å². The molecular formula is C21H23N3O2. The Morgan fingerprint density at radius 2 is 1.62 bits per heavy atom. The van der Waals surface area contributed by atoms with Crippen molar-refractivity contribution in [3.05, 3.63) is 65.2 Å². The van der Waals surface area contributed by atoms with Gasteiger partial charge in [0.15, 0.2) is 0 Å². The number of benzene rings is 2. The molecule has 0 unspecified atom stereocenters. The van der Waals surface area contributed by atoms with Crippen molar-refractivity contribution in [3.8, 4) is 6.07 Å². The van der Waals surface area contributed by atoms with Gasteiger partial charge in [-0.2, -0.15) is 5.26 Å². The Morgan fingerprint density at radius 1 is 1.00 bits per heavy atom. The number of hydrogen-bond donors (Lipinski definition) is 2. The summed E-state index contributed by atoms with van der Waals surface area (Å²) in [6.45, 7) is 4.14. The minimum atomic E-state index is -0.0647. The Hall–Kier alpha value is -3.13. The van der Waals surface area contributed by atoms with Gasteiger partial charge in [0.2, 0.25) is 11.8 Å². The van der Waals surface area contributed by atoms with E-state index >= 15 is 0 Å². The van der Waals surface area contributed by atoms with Gasteiger partial charge in [0.1, 0.15) is 0 Å². The Bertz CT molecular complexity index is 788. The van der Waals surface area contributed by atoms with Gasteiger partial charge in [-0.3, -0.25) is 9.59 Å². The molecule has 0 heterocycles. The van der Waals surface area contributed by atoms with Gasteiger partial charge in [-0.05, 0) is 41.8 Å². The zero-order chi connectivity index (χ0) is 18.9. The van der Waals surface area contributed by atoms with Crippen molar-refractivity contribution in [3.63, 3.8) is 0 Å². The lowest BCUT2D eigenvalue weighted by atomic mass is 10.1. The maximum absolute atomic E-state index is 12.0. The fourth-order valence-corrected chi connectivity index (χ4v) is 2.29. The number of nitrogens with one attached hydrogen (secondary N) is 2. The number of rotatable bonds is 7. The molecule has 0 saturated heterocycles. The van der Waals surface area contributed by atoms with E-state index in [0.717, 1.165) is 16.8 Å². The van der Waals surface area contributed by atoms with Crippen molar-refractivity contribution in [2.75, 3.05) is 5.32 Å². The molecule has 0 spiro atoms. The predicted octanol–water partition coefficient (Wildman–Crippen LogP) is 3.40. The summed E-state index contributed by atoms with van der Waals surface area (Å²) in [6.07, 6.45) is 1.03. The van der Waals surface area contributed by atoms with Gasteiger partial charge < -0.3 is 10.6 Å². The van der Waals surface area contributed by atoms with Crippen LogP contribution >= 0.6 is 0 Å². The molecule has 134 valence electrons. The fraction of sp³-hybridized carbons (Fsp3) is 0.286. The highest BCUT2D eigenvalue weighted by Gasteiger charge is 2.07. The number of amides is 2. The van der Waals surface area contributed by atoms with Crippen LogP contribution in [0.2, 0.25) is 0 Å². The molecule has 2 N–H and O–H groups in total. The van der Waals surface area contributed by atoms with Crippen LogP contribution in [0.1, 0.15) is 37.0 Å². The van der Waals surface area contributed by atoms with Crippen molar-refractivity contribution in [1.29, 1.82) is 5.26 Å². The quantitative estimate of drug-likeness (QED) is 0.804. The van der Waals surface area contributed by atoms with Crippen LogP contribution in [0.25, 0.3) is 0 Å². The topological polar surface area (TPSA) is 82.0 Å². The Kier molecular flexibility index (Phi) is 6.92. The number of anilines is 1. The molecule has 2 amide bonds. The lowest BCUT2D eigenvalue weighted by molar-refractivity contribution is -0.121. The largest absolute Gasteiger partial charge is 0.352 e. The van der Waals surface area contributed by atoms with Crippen LogP contribution < -0.4 is 10.6 Å². The monoisotopic (exact) mass is 349 g/mol. The lowest BCUT2D eigenvalue weighted by Gasteiger charge is -2.09. The first-order valence-corrected chi connectivity index (χ1v) is 8.63. The zero-order valence-electron chi connectivity index (χ0n) is 15.1. The van der Waals surface area contributed by atoms with E-state index < -0.39 is 0 Å². The molecule has 5 nitrogen and oxygen atoms in total. The molecule has 0 saturated carbocycles. The SMILES string of the molecule is CC(C)C(=O)Nc1ccc(CNC(=O)CCc2ccc(C#N)cc2)cc1. The second-order valence-corrected chi connectivity index (χ2v) is 6.43. The summed E-state index contributed by atoms with van der Waals surface area (Å²) < 4.78 is 0. The van der Waals surface area contributed by atoms with E-state index in [1.54, 1.807) is 12.1 Å². The van der Waals surface area contributed by atoms with Crippen LogP contribution in [-0.2, 0) is 22.6 Å². The summed E-state index contributed by atoms with van der Waals surface area (Å²) in [5.41, 5.74) is 3.37. The van der Waals surface area contributed by atoms with Gasteiger partial charge in [-0.25, -0.2) is 0 Å². The standard InChI is InChI=1S/C21H23N3O2/c1-15(2)21(26)24-19-10-7-18(8-11-19)14-23-20(25)12-9-16-3-5-17(13-22)6-4-16/h3-8,10-11,15H,9,12,14H2,1-2H3,(H,23,25)(H,24,26). The van der Waals surface area contributed by atoms with E-state index in [1.165, 1.54) is 0 Å². The van der Waals surface area contributed by atoms with E-state index in [1.807, 2.05) is 50.2 Å². The zero-order valence-corrected chi connectivity index (χ0v) is 15.1. The molecule has 5 heteroatoms. The second-order valence-electron chi connectivity index (χ2n) is 6.43. The van der Waals surface area contributed by atoms with Gasteiger partial charge in [-0.15, -0.1) is 0 Å². The lowest BCUT2D eigenvalue weighted by Crippen LogP contribution is -2.23. The van der Waals surface area contributed by atoms with Crippen molar-refractivity contribution in [2.45, 2.75) is 33.2 Å². The summed E-state index contributed by atoms with van der Waals surface area (Å²) in [7, 11) is 0. The Morgan fingerprint density at radius 3 is 2.19 bits per heavy atom. The van der Waals surface area contributed by atoms with Crippen molar-refractivity contribution in [1.82, 2.24) is 5.32 Å². The molecule has 2 aromatic rings. The molecule has 0 aliphatic rings. The highest BCUT2D eigenvalue weighted by molar-refractivity contribution is 5.92. The van der Waals surface area contributed by atoms with Crippen LogP contribution in [0.4, 0.5) is 5.69 Å². The molecule has 0 aromatic heterocycles. The number of carbonyl (C=O) groups excluding carboxylic acids is 2. The highest BCUT2D eigenvalue weighted by Crippen LogP contribution is 2.11. The molecule has 0 aliphatic heterocycles. The molecule has 2 aromatic carbocycles. The molecule has 0 radical (unpaired) electrons. The molecule has 0 bridgehead atoms. The van der Waals surface area contributed by atoms with Crippen molar-refractivity contribution in [2.24, 2.45) is 5.92 Å². The number of nitriles is 1. The third-order valence-electron chi connectivity index (χ3n) is 3.96. The molecule has 0 aliphatic carbocycles. The van der Waals surface area contributed by atoms with Crippen LogP contribution in [0.5, 0.6) is 0 Å². The fourth-order valence-electron chi connectivity index (χ4n) is 2.29. The van der Waals surface area contributed by atoms with Gasteiger partial charge in [-0.1, -0.05) is 38.1 Å². The van der Waals surface area contributed by atoms with E-state index in [2.05, 4.69) is 16.7 Å². The smallest absolute Gasteiger partial charge is 0.226 e. The minimum Gasteiger partial charge on any atom is -0.352 e. The van der Waals surface area contributed by atoms with Crippen LogP contribution in [0.3, 0.4) is 0 Å². The second kappa shape index (κ2) is 9.38. The Balaban J connectivity index is 1.76. The van der Waals surface area contributed by atoms with E-state index in [0.29, 0.717) is 24.9 Å². The third kappa shape index (κ3) is 6.06. The van der Waals surface area contributed by atoms with Gasteiger partial charge in [0.05, 0.1) is 11.6 Å². The first-order valence-electron chi connectivity index (χ1n) is 8.63. The van der Waals surface area contributed by atoms with E-state index in [-0.39, 0.29) is 17.7 Å². The first-order chi connectivity index (χ1) is 12.5. The Labute approximate surface area is 154 Å². The highest BCUT2D eigenvalue weighted by atomic mass is 16.2. The number of aryl methyl sites for hydroxylation is 1. The minimum absolute atomic E-state index is 0.0196. The average Bonchev–Trinajstić information content (AvgIpc) is 2.66. The summed E-state index contributed by atoms with van der Waals surface area (Å²) in [5, 5.41) is 14.5. The number of carbonyl (C=O) groups is 2. The number of nitrogens with zero attached hydrogens (tertiary/aromatic N) is 1. The predicted molar refractivity (Wildman–Crippen MR) is 101 cm³/mol. The van der Waals surface area contributed by atoms with Gasteiger partial charge in [0, 0.05) is 24.6 Å². The number of hydrogen-bond acceptors (Lipinski definition) is 3. The maximum Gasteiger partial charge on any atom is 0.226 e. The average molecular weight is 349 g/mol. The molecule has 0 atom stereocenters. The van der Waals surface area contributed by atoms with Crippen LogP contribution in [0.15, 0.2) is 48.5 Å². The van der Waals surface area contributed by atoms with Crippen molar-refractivity contribution < 1.29 is 9.59 Å². The summed E-state index contributed by atoms with van der Waals surface area (Å²) in [5.74, 6) is -0.106. The van der Waals surface area contributed by atoms with Crippen LogP contribution in [-0.4, -0.2) is 11.8 Å². The van der Waals surface area contributed by atoms with Crippen LogP contribution in [0, 0.1) is 17.2 Å². The molecule has 0 fully saturated rings. The molecule has 26 heavy (non-hydrogen) atoms. The maximum atomic E-state index is 12.0. The first kappa shape index (κ1) is 19.2. The summed E-state index contributed by atoms with van der Waals surface area (Å²) >= 11 is 0. The third-order valence-corrected chi connectivity index (χ3v) is 3.96. The molecule has 2 rings (SSSR count). The van der Waals surface area contributed by atoms with Gasteiger partial charge in [0.25, 0.3) is 0 Å². The van der Waals surface area contributed by atoms with E-state index in [4.69, 9.17) is 5.26 Å². The van der Waals surface area contributed by atoms with E-state index in [9.17, 15) is 9.59 Å². The van der Waals surface area contributed by atoms with Crippen molar-refractivity contribution >= 4 is 17.5 Å². The normalized spacial score (nSPS) is 10.2.